The molecular formula is C25H29BN4O5. The summed E-state index contributed by atoms with van der Waals surface area (Å²) in [4.78, 5) is 33.4. The third kappa shape index (κ3) is 8.93. The highest BCUT2D eigenvalue weighted by Crippen LogP contribution is 2.08. The molecule has 1 unspecified atom stereocenters. The lowest BCUT2D eigenvalue weighted by Crippen LogP contribution is -2.55. The molecule has 2 atom stereocenters. The zero-order chi connectivity index (χ0) is 24.9. The van der Waals surface area contributed by atoms with E-state index in [0.29, 0.717) is 12.8 Å². The molecule has 0 fully saturated rings. The molecule has 1 aromatic heterocycles. The average Bonchev–Trinajstić information content (AvgIpc) is 2.89. The quantitative estimate of drug-likeness (QED) is 0.274. The predicted octanol–water partition coefficient (Wildman–Crippen LogP) is 1.31. The van der Waals surface area contributed by atoms with Crippen LogP contribution in [0, 0.1) is 0 Å². The standard InChI is InChI=1S/C25H29BN4O5/c31-24(21-16-27-14-15-28-21)29-22(18-35-17-20-10-5-2-6-11-20)25(32)30-23(26(33)34)13-7-12-19-8-3-1-4-9-19/h1-6,8-11,14-16,22-23,33-34H,7,12-13,17-18H2,(H,29,31)(H,30,32)/t22?,23-/m0/s1. The Morgan fingerprint density at radius 3 is 2.26 bits per heavy atom. The Labute approximate surface area is 204 Å². The number of benzene rings is 2. The van der Waals surface area contributed by atoms with Crippen molar-refractivity contribution < 1.29 is 24.4 Å². The molecule has 4 N–H and O–H groups in total. The number of aryl methyl sites for hydroxylation is 1. The van der Waals surface area contributed by atoms with E-state index in [0.717, 1.165) is 17.5 Å². The average molecular weight is 476 g/mol. The van der Waals surface area contributed by atoms with Crippen molar-refractivity contribution in [1.29, 1.82) is 0 Å². The van der Waals surface area contributed by atoms with Crippen molar-refractivity contribution in [2.24, 2.45) is 0 Å². The van der Waals surface area contributed by atoms with Crippen LogP contribution >= 0.6 is 0 Å². The highest BCUT2D eigenvalue weighted by Gasteiger charge is 2.29. The van der Waals surface area contributed by atoms with E-state index in [2.05, 4.69) is 20.6 Å². The third-order valence-electron chi connectivity index (χ3n) is 5.32. The summed E-state index contributed by atoms with van der Waals surface area (Å²) in [7, 11) is -1.75. The molecule has 0 bridgehead atoms. The van der Waals surface area contributed by atoms with Gasteiger partial charge >= 0.3 is 7.12 Å². The molecule has 0 spiro atoms. The van der Waals surface area contributed by atoms with Gasteiger partial charge in [-0.2, -0.15) is 0 Å². The summed E-state index contributed by atoms with van der Waals surface area (Å²) in [6.07, 6.45) is 5.81. The fourth-order valence-corrected chi connectivity index (χ4v) is 3.45. The fraction of sp³-hybridized carbons (Fsp3) is 0.280. The lowest BCUT2D eigenvalue weighted by atomic mass is 9.76. The van der Waals surface area contributed by atoms with Gasteiger partial charge in [-0.1, -0.05) is 60.7 Å². The van der Waals surface area contributed by atoms with Crippen LogP contribution in [-0.4, -0.2) is 57.5 Å². The molecular weight excluding hydrogens is 447 g/mol. The van der Waals surface area contributed by atoms with Gasteiger partial charge in [-0.05, 0) is 30.4 Å². The maximum Gasteiger partial charge on any atom is 0.475 e. The second-order valence-corrected chi connectivity index (χ2v) is 8.02. The number of hydrogen-bond acceptors (Lipinski definition) is 7. The second kappa shape index (κ2) is 14.0. The molecule has 3 rings (SSSR count). The predicted molar refractivity (Wildman–Crippen MR) is 131 cm³/mol. The summed E-state index contributed by atoms with van der Waals surface area (Å²) in [5.41, 5.74) is 2.08. The Hall–Kier alpha value is -3.60. The van der Waals surface area contributed by atoms with Crippen LogP contribution in [0.5, 0.6) is 0 Å². The first-order chi connectivity index (χ1) is 17.0. The molecule has 0 aliphatic heterocycles. The van der Waals surface area contributed by atoms with E-state index in [9.17, 15) is 19.6 Å². The molecule has 0 radical (unpaired) electrons. The molecule has 2 amide bonds. The topological polar surface area (TPSA) is 134 Å². The molecule has 1 heterocycles. The van der Waals surface area contributed by atoms with Crippen LogP contribution in [-0.2, 0) is 22.6 Å². The molecule has 182 valence electrons. The zero-order valence-electron chi connectivity index (χ0n) is 19.3. The number of nitrogens with zero attached hydrogens (tertiary/aromatic N) is 2. The minimum absolute atomic E-state index is 0.0509. The van der Waals surface area contributed by atoms with Crippen molar-refractivity contribution in [3.63, 3.8) is 0 Å². The van der Waals surface area contributed by atoms with Crippen LogP contribution in [0.25, 0.3) is 0 Å². The SMILES string of the molecule is O=C(NC(COCc1ccccc1)C(=O)N[C@@H](CCCc1ccccc1)B(O)O)c1cnccn1. The Balaban J connectivity index is 1.61. The summed E-state index contributed by atoms with van der Waals surface area (Å²) >= 11 is 0. The van der Waals surface area contributed by atoms with Crippen molar-refractivity contribution in [3.05, 3.63) is 96.1 Å². The van der Waals surface area contributed by atoms with E-state index in [-0.39, 0.29) is 18.9 Å². The van der Waals surface area contributed by atoms with Crippen molar-refractivity contribution in [1.82, 2.24) is 20.6 Å². The maximum absolute atomic E-state index is 13.0. The molecule has 0 saturated heterocycles. The van der Waals surface area contributed by atoms with Gasteiger partial charge in [-0.3, -0.25) is 14.6 Å². The molecule has 35 heavy (non-hydrogen) atoms. The lowest BCUT2D eigenvalue weighted by Gasteiger charge is -2.23. The maximum atomic E-state index is 13.0. The minimum atomic E-state index is -1.75. The number of aromatic nitrogens is 2. The first kappa shape index (κ1) is 26.0. The van der Waals surface area contributed by atoms with E-state index < -0.39 is 30.9 Å². The largest absolute Gasteiger partial charge is 0.475 e. The second-order valence-electron chi connectivity index (χ2n) is 8.02. The van der Waals surface area contributed by atoms with Crippen molar-refractivity contribution >= 4 is 18.9 Å². The highest BCUT2D eigenvalue weighted by atomic mass is 16.5. The Kier molecular flexibility index (Phi) is 10.4. The molecule has 0 aliphatic carbocycles. The Morgan fingerprint density at radius 2 is 1.63 bits per heavy atom. The van der Waals surface area contributed by atoms with E-state index in [4.69, 9.17) is 4.74 Å². The van der Waals surface area contributed by atoms with E-state index in [1.54, 1.807) is 0 Å². The summed E-state index contributed by atoms with van der Waals surface area (Å²) in [6.45, 7) is 0.125. The highest BCUT2D eigenvalue weighted by molar-refractivity contribution is 6.43. The Bertz CT molecular complexity index is 1040. The summed E-state index contributed by atoms with van der Waals surface area (Å²) in [6, 6.07) is 18.1. The van der Waals surface area contributed by atoms with Gasteiger partial charge in [0.1, 0.15) is 11.7 Å². The number of nitrogens with one attached hydrogen (secondary N) is 2. The van der Waals surface area contributed by atoms with Gasteiger partial charge in [0.2, 0.25) is 5.91 Å². The van der Waals surface area contributed by atoms with Gasteiger partial charge in [0.05, 0.1) is 25.4 Å². The van der Waals surface area contributed by atoms with Gasteiger partial charge < -0.3 is 25.4 Å². The van der Waals surface area contributed by atoms with Gasteiger partial charge in [0, 0.05) is 12.4 Å². The van der Waals surface area contributed by atoms with Crippen molar-refractivity contribution in [3.8, 4) is 0 Å². The van der Waals surface area contributed by atoms with E-state index in [1.165, 1.54) is 18.6 Å². The Morgan fingerprint density at radius 1 is 0.943 bits per heavy atom. The lowest BCUT2D eigenvalue weighted by molar-refractivity contribution is -0.125. The summed E-state index contributed by atoms with van der Waals surface area (Å²) < 4.78 is 5.68. The number of rotatable bonds is 13. The number of carbonyl (C=O) groups excluding carboxylic acids is 2. The van der Waals surface area contributed by atoms with Gasteiger partial charge in [0.25, 0.3) is 5.91 Å². The first-order valence-electron chi connectivity index (χ1n) is 11.4. The molecule has 10 heteroatoms. The monoisotopic (exact) mass is 476 g/mol. The van der Waals surface area contributed by atoms with Crippen LogP contribution in [0.2, 0.25) is 0 Å². The molecule has 2 aromatic carbocycles. The van der Waals surface area contributed by atoms with Crippen LogP contribution in [0.4, 0.5) is 0 Å². The van der Waals surface area contributed by atoms with Crippen LogP contribution in [0.15, 0.2) is 79.3 Å². The molecule has 0 aliphatic rings. The van der Waals surface area contributed by atoms with Gasteiger partial charge in [-0.25, -0.2) is 4.98 Å². The summed E-state index contributed by atoms with van der Waals surface area (Å²) in [5, 5.41) is 24.9. The number of carbonyl (C=O) groups is 2. The van der Waals surface area contributed by atoms with Crippen molar-refractivity contribution in [2.75, 3.05) is 6.61 Å². The molecule has 0 saturated carbocycles. The number of hydrogen-bond donors (Lipinski definition) is 4. The normalized spacial score (nSPS) is 12.4. The fourth-order valence-electron chi connectivity index (χ4n) is 3.45. The zero-order valence-corrected chi connectivity index (χ0v) is 19.3. The number of amides is 2. The molecule has 3 aromatic rings. The first-order valence-corrected chi connectivity index (χ1v) is 11.4. The molecule has 9 nitrogen and oxygen atoms in total. The van der Waals surface area contributed by atoms with Crippen LogP contribution in [0.3, 0.4) is 0 Å². The summed E-state index contributed by atoms with van der Waals surface area (Å²) in [5.74, 6) is -2.09. The van der Waals surface area contributed by atoms with Crippen LogP contribution < -0.4 is 10.6 Å². The third-order valence-corrected chi connectivity index (χ3v) is 5.32. The van der Waals surface area contributed by atoms with Gasteiger partial charge in [-0.15, -0.1) is 0 Å². The van der Waals surface area contributed by atoms with Crippen molar-refractivity contribution in [2.45, 2.75) is 37.9 Å². The number of ether oxygens (including phenoxy) is 1. The van der Waals surface area contributed by atoms with E-state index >= 15 is 0 Å². The van der Waals surface area contributed by atoms with Gasteiger partial charge in [0.15, 0.2) is 0 Å². The van der Waals surface area contributed by atoms with E-state index in [1.807, 2.05) is 60.7 Å². The smallest absolute Gasteiger partial charge is 0.426 e. The minimum Gasteiger partial charge on any atom is -0.426 e. The van der Waals surface area contributed by atoms with Crippen LogP contribution in [0.1, 0.15) is 34.5 Å².